The van der Waals surface area contributed by atoms with E-state index in [1.54, 1.807) is 0 Å². The van der Waals surface area contributed by atoms with Crippen LogP contribution in [0.4, 0.5) is 0 Å². The second-order valence-corrected chi connectivity index (χ2v) is 5.51. The lowest BCUT2D eigenvalue weighted by atomic mass is 9.78. The van der Waals surface area contributed by atoms with Gasteiger partial charge in [0.15, 0.2) is 0 Å². The minimum atomic E-state index is 0.450. The predicted molar refractivity (Wildman–Crippen MR) is 45.7 cm³/mol. The molecule has 66 valence electrons. The zero-order valence-electron chi connectivity index (χ0n) is 7.62. The van der Waals surface area contributed by atoms with Crippen molar-refractivity contribution in [1.29, 1.82) is 0 Å². The summed E-state index contributed by atoms with van der Waals surface area (Å²) in [5, 5.41) is 0. The maximum absolute atomic E-state index is 5.92. The third kappa shape index (κ3) is 0.477. The molecule has 0 radical (unpaired) electrons. The van der Waals surface area contributed by atoms with Gasteiger partial charge in [0.1, 0.15) is 0 Å². The first-order valence-corrected chi connectivity index (χ1v) is 5.49. The summed E-state index contributed by atoms with van der Waals surface area (Å²) in [6, 6.07) is 0. The normalized spacial score (nSPS) is 71.2. The lowest BCUT2D eigenvalue weighted by molar-refractivity contribution is 0.198. The van der Waals surface area contributed by atoms with Crippen molar-refractivity contribution in [1.82, 2.24) is 0 Å². The molecule has 0 aromatic rings. The van der Waals surface area contributed by atoms with E-state index in [-0.39, 0.29) is 0 Å². The summed E-state index contributed by atoms with van der Waals surface area (Å²) in [6.45, 7) is 2.44. The van der Waals surface area contributed by atoms with Crippen LogP contribution in [0.3, 0.4) is 0 Å². The van der Waals surface area contributed by atoms with E-state index in [2.05, 4.69) is 6.92 Å². The van der Waals surface area contributed by atoms with Crippen LogP contribution in [-0.4, -0.2) is 11.7 Å². The van der Waals surface area contributed by atoms with Crippen molar-refractivity contribution >= 4 is 0 Å². The van der Waals surface area contributed by atoms with Crippen molar-refractivity contribution < 1.29 is 4.74 Å². The standard InChI is InChI=1S/C11H16O/c1-6-2-3-8-7-4-9-11(5-7,12-9)10(6)8/h6-10H,2-5H2,1H3/t6-,7?,8?,9+,10?,11?/m0/s1. The largest absolute Gasteiger partial charge is 0.366 e. The van der Waals surface area contributed by atoms with Crippen LogP contribution in [0.2, 0.25) is 0 Å². The Bertz CT molecular complexity index is 249. The molecule has 12 heavy (non-hydrogen) atoms. The molecule has 0 amide bonds. The molecule has 6 atom stereocenters. The van der Waals surface area contributed by atoms with Crippen LogP contribution in [-0.2, 0) is 4.74 Å². The van der Waals surface area contributed by atoms with Gasteiger partial charge in [-0.1, -0.05) is 13.3 Å². The van der Waals surface area contributed by atoms with E-state index in [4.69, 9.17) is 4.74 Å². The summed E-state index contributed by atoms with van der Waals surface area (Å²) in [5.74, 6) is 4.07. The molecule has 3 saturated carbocycles. The van der Waals surface area contributed by atoms with Gasteiger partial charge >= 0.3 is 0 Å². The molecule has 4 unspecified atom stereocenters. The van der Waals surface area contributed by atoms with Crippen LogP contribution in [0.15, 0.2) is 0 Å². The molecule has 1 aliphatic heterocycles. The molecule has 1 heterocycles. The average Bonchev–Trinajstić information content (AvgIpc) is 2.47. The van der Waals surface area contributed by atoms with Crippen molar-refractivity contribution in [2.24, 2.45) is 23.7 Å². The summed E-state index contributed by atoms with van der Waals surface area (Å²) in [5.41, 5.74) is 0.450. The number of epoxide rings is 1. The molecule has 1 saturated heterocycles. The first-order valence-electron chi connectivity index (χ1n) is 5.49. The summed E-state index contributed by atoms with van der Waals surface area (Å²) >= 11 is 0. The fourth-order valence-corrected chi connectivity index (χ4v) is 4.79. The highest BCUT2D eigenvalue weighted by Gasteiger charge is 2.75. The molecule has 0 aromatic heterocycles. The van der Waals surface area contributed by atoms with Gasteiger partial charge in [0, 0.05) is 0 Å². The quantitative estimate of drug-likeness (QED) is 0.500. The molecule has 4 aliphatic rings. The minimum Gasteiger partial charge on any atom is -0.366 e. The highest BCUT2D eigenvalue weighted by Crippen LogP contribution is 2.72. The van der Waals surface area contributed by atoms with E-state index in [1.807, 2.05) is 0 Å². The maximum Gasteiger partial charge on any atom is 0.0984 e. The van der Waals surface area contributed by atoms with E-state index in [9.17, 15) is 0 Å². The smallest absolute Gasteiger partial charge is 0.0984 e. The minimum absolute atomic E-state index is 0.450. The molecule has 4 rings (SSSR count). The van der Waals surface area contributed by atoms with E-state index < -0.39 is 0 Å². The Morgan fingerprint density at radius 3 is 3.17 bits per heavy atom. The van der Waals surface area contributed by atoms with Crippen molar-refractivity contribution in [2.75, 3.05) is 0 Å². The van der Waals surface area contributed by atoms with Crippen molar-refractivity contribution in [3.63, 3.8) is 0 Å². The zero-order valence-corrected chi connectivity index (χ0v) is 7.62. The highest BCUT2D eigenvalue weighted by molar-refractivity contribution is 5.23. The van der Waals surface area contributed by atoms with Gasteiger partial charge in [-0.3, -0.25) is 0 Å². The van der Waals surface area contributed by atoms with E-state index in [1.165, 1.54) is 25.7 Å². The zero-order chi connectivity index (χ0) is 7.92. The van der Waals surface area contributed by atoms with Crippen LogP contribution >= 0.6 is 0 Å². The Balaban J connectivity index is 1.81. The summed E-state index contributed by atoms with van der Waals surface area (Å²) in [7, 11) is 0. The monoisotopic (exact) mass is 164 g/mol. The van der Waals surface area contributed by atoms with E-state index in [0.717, 1.165) is 23.7 Å². The van der Waals surface area contributed by atoms with Gasteiger partial charge in [-0.25, -0.2) is 0 Å². The first kappa shape index (κ1) is 6.42. The summed E-state index contributed by atoms with van der Waals surface area (Å²) in [4.78, 5) is 0. The lowest BCUT2D eigenvalue weighted by Crippen LogP contribution is -2.28. The average molecular weight is 164 g/mol. The molecule has 1 heteroatoms. The molecule has 0 aromatic carbocycles. The van der Waals surface area contributed by atoms with Crippen LogP contribution in [0.5, 0.6) is 0 Å². The topological polar surface area (TPSA) is 12.5 Å². The van der Waals surface area contributed by atoms with Crippen LogP contribution in [0.25, 0.3) is 0 Å². The molecule has 3 aliphatic carbocycles. The van der Waals surface area contributed by atoms with Gasteiger partial charge < -0.3 is 4.74 Å². The van der Waals surface area contributed by atoms with Gasteiger partial charge in [-0.2, -0.15) is 0 Å². The molecule has 1 spiro atoms. The van der Waals surface area contributed by atoms with Gasteiger partial charge in [0.25, 0.3) is 0 Å². The Kier molecular flexibility index (Phi) is 0.863. The first-order chi connectivity index (χ1) is 5.81. The van der Waals surface area contributed by atoms with Gasteiger partial charge in [-0.15, -0.1) is 0 Å². The molecule has 2 bridgehead atoms. The molecule has 1 nitrogen and oxygen atoms in total. The molecular weight excluding hydrogens is 148 g/mol. The molecular formula is C11H16O. The predicted octanol–water partition coefficient (Wildman–Crippen LogP) is 2.21. The number of ether oxygens (including phenoxy) is 1. The summed E-state index contributed by atoms with van der Waals surface area (Å²) < 4.78 is 5.92. The Morgan fingerprint density at radius 2 is 2.25 bits per heavy atom. The van der Waals surface area contributed by atoms with Gasteiger partial charge in [0.2, 0.25) is 0 Å². The third-order valence-corrected chi connectivity index (χ3v) is 5.15. The van der Waals surface area contributed by atoms with Gasteiger partial charge in [0.05, 0.1) is 11.7 Å². The van der Waals surface area contributed by atoms with E-state index in [0.29, 0.717) is 11.7 Å². The maximum atomic E-state index is 5.92. The molecule has 0 N–H and O–H groups in total. The van der Waals surface area contributed by atoms with Crippen molar-refractivity contribution in [2.45, 2.75) is 44.3 Å². The van der Waals surface area contributed by atoms with Crippen molar-refractivity contribution in [3.05, 3.63) is 0 Å². The van der Waals surface area contributed by atoms with Crippen molar-refractivity contribution in [3.8, 4) is 0 Å². The number of rotatable bonds is 0. The Labute approximate surface area is 73.5 Å². The second kappa shape index (κ2) is 1.61. The molecule has 4 fully saturated rings. The Morgan fingerprint density at radius 1 is 1.33 bits per heavy atom. The fraction of sp³-hybridized carbons (Fsp3) is 1.00. The number of fused-ring (bicyclic) bond motifs is 3. The fourth-order valence-electron chi connectivity index (χ4n) is 4.79. The number of hydrogen-bond acceptors (Lipinski definition) is 1. The highest BCUT2D eigenvalue weighted by atomic mass is 16.6. The lowest BCUT2D eigenvalue weighted by Gasteiger charge is -2.23. The van der Waals surface area contributed by atoms with Crippen LogP contribution in [0.1, 0.15) is 32.6 Å². The Hall–Kier alpha value is -0.0400. The number of hydrogen-bond donors (Lipinski definition) is 0. The van der Waals surface area contributed by atoms with E-state index >= 15 is 0 Å². The SMILES string of the molecule is C[C@H]1CCC2C3C[C@H]4OC4(C3)C21. The second-order valence-electron chi connectivity index (χ2n) is 5.51. The summed E-state index contributed by atoms with van der Waals surface area (Å²) in [6.07, 6.45) is 6.53. The van der Waals surface area contributed by atoms with Crippen LogP contribution in [0, 0.1) is 23.7 Å². The van der Waals surface area contributed by atoms with Crippen LogP contribution < -0.4 is 0 Å². The third-order valence-electron chi connectivity index (χ3n) is 5.15. The van der Waals surface area contributed by atoms with Gasteiger partial charge in [-0.05, 0) is 42.9 Å².